The van der Waals surface area contributed by atoms with E-state index in [9.17, 15) is 5.11 Å². The summed E-state index contributed by atoms with van der Waals surface area (Å²) in [4.78, 5) is 0. The van der Waals surface area contributed by atoms with Gasteiger partial charge in [0.2, 0.25) is 0 Å². The highest BCUT2D eigenvalue weighted by atomic mass is 16.5. The van der Waals surface area contributed by atoms with Gasteiger partial charge in [-0.05, 0) is 69.8 Å². The molecule has 3 aromatic rings. The maximum absolute atomic E-state index is 12.9. The second-order valence-electron chi connectivity index (χ2n) is 9.78. The number of ether oxygens (including phenoxy) is 6. The van der Waals surface area contributed by atoms with E-state index in [0.29, 0.717) is 34.5 Å². The third kappa shape index (κ3) is 2.37. The highest BCUT2D eigenvalue weighted by Crippen LogP contribution is 2.78. The monoisotopic (exact) mass is 490 g/mol. The fourth-order valence-corrected chi connectivity index (χ4v) is 7.24. The van der Waals surface area contributed by atoms with E-state index in [2.05, 4.69) is 19.1 Å². The predicted molar refractivity (Wildman–Crippen MR) is 133 cm³/mol. The third-order valence-corrected chi connectivity index (χ3v) is 8.70. The second-order valence-corrected chi connectivity index (χ2v) is 9.78. The van der Waals surface area contributed by atoms with Crippen molar-refractivity contribution >= 4 is 0 Å². The van der Waals surface area contributed by atoms with Crippen LogP contribution in [0.25, 0.3) is 0 Å². The van der Waals surface area contributed by atoms with Crippen LogP contribution in [0.5, 0.6) is 34.5 Å². The van der Waals surface area contributed by atoms with Crippen molar-refractivity contribution in [2.45, 2.75) is 24.4 Å². The van der Waals surface area contributed by atoms with E-state index in [-0.39, 0.29) is 11.8 Å². The van der Waals surface area contributed by atoms with Gasteiger partial charge >= 0.3 is 0 Å². The largest absolute Gasteiger partial charge is 0.493 e. The summed E-state index contributed by atoms with van der Waals surface area (Å²) < 4.78 is 34.0. The van der Waals surface area contributed by atoms with Crippen LogP contribution in [-0.2, 0) is 5.60 Å². The van der Waals surface area contributed by atoms with Gasteiger partial charge in [0.05, 0.1) is 42.7 Å². The molecule has 1 N–H and O–H groups in total. The highest BCUT2D eigenvalue weighted by molar-refractivity contribution is 5.74. The molecule has 4 atom stereocenters. The van der Waals surface area contributed by atoms with Gasteiger partial charge in [-0.15, -0.1) is 0 Å². The molecular formula is C29H30O7. The molecule has 0 spiro atoms. The number of methoxy groups -OCH3 is 6. The lowest BCUT2D eigenvalue weighted by Crippen LogP contribution is -2.39. The number of benzene rings is 3. The molecule has 6 rings (SSSR count). The Labute approximate surface area is 210 Å². The minimum absolute atomic E-state index is 0.124. The lowest BCUT2D eigenvalue weighted by Gasteiger charge is -2.38. The van der Waals surface area contributed by atoms with Crippen LogP contribution >= 0.6 is 0 Å². The zero-order valence-corrected chi connectivity index (χ0v) is 21.5. The van der Waals surface area contributed by atoms with Gasteiger partial charge in [0.15, 0.2) is 34.5 Å². The number of fused-ring (bicyclic) bond motifs is 9. The van der Waals surface area contributed by atoms with Crippen LogP contribution in [0.1, 0.15) is 52.1 Å². The minimum Gasteiger partial charge on any atom is -0.493 e. The molecule has 188 valence electrons. The summed E-state index contributed by atoms with van der Waals surface area (Å²) in [5.74, 6) is 3.47. The first-order valence-electron chi connectivity index (χ1n) is 11.8. The average molecular weight is 491 g/mol. The first kappa shape index (κ1) is 22.9. The van der Waals surface area contributed by atoms with Crippen LogP contribution in [0, 0.1) is 5.41 Å². The van der Waals surface area contributed by atoms with E-state index in [0.717, 1.165) is 33.4 Å². The summed E-state index contributed by atoms with van der Waals surface area (Å²) in [6.07, 6.45) is 0. The maximum atomic E-state index is 12.9. The van der Waals surface area contributed by atoms with Crippen molar-refractivity contribution in [3.05, 3.63) is 69.8 Å². The Kier molecular flexibility index (Phi) is 4.74. The first-order chi connectivity index (χ1) is 17.3. The Morgan fingerprint density at radius 2 is 0.778 bits per heavy atom. The van der Waals surface area contributed by atoms with Gasteiger partial charge in [-0.3, -0.25) is 0 Å². The zero-order valence-electron chi connectivity index (χ0n) is 21.5. The number of aliphatic hydroxyl groups is 1. The quantitative estimate of drug-likeness (QED) is 0.542. The Hall–Kier alpha value is -3.58. The van der Waals surface area contributed by atoms with Gasteiger partial charge < -0.3 is 33.5 Å². The standard InChI is InChI=1S/C29H30O7/c1-28-26-14-8-20(31-2)21(32-3)9-15(14)27(28)17-11-23(34-5)25(36-7)13-19(17)29(28,30)18-12-24(35-6)22(33-4)10-16(18)26/h8-13,26-27,30H,1-7H3/t26-,27+,28?,29?. The minimum atomic E-state index is -1.31. The molecule has 0 bridgehead atoms. The lowest BCUT2D eigenvalue weighted by molar-refractivity contribution is -0.0266. The molecule has 0 amide bonds. The molecule has 2 unspecified atom stereocenters. The molecule has 3 aromatic carbocycles. The van der Waals surface area contributed by atoms with Gasteiger partial charge in [-0.2, -0.15) is 0 Å². The predicted octanol–water partition coefficient (Wildman–Crippen LogP) is 4.58. The lowest BCUT2D eigenvalue weighted by atomic mass is 9.68. The molecule has 3 aliphatic rings. The molecule has 0 aliphatic heterocycles. The Bertz CT molecular complexity index is 1310. The molecule has 0 aromatic heterocycles. The summed E-state index contributed by atoms with van der Waals surface area (Å²) in [7, 11) is 9.75. The van der Waals surface area contributed by atoms with Gasteiger partial charge in [-0.25, -0.2) is 0 Å². The Balaban J connectivity index is 1.77. The van der Waals surface area contributed by atoms with Crippen molar-refractivity contribution in [1.82, 2.24) is 0 Å². The van der Waals surface area contributed by atoms with Crippen molar-refractivity contribution in [2.75, 3.05) is 42.7 Å². The van der Waals surface area contributed by atoms with Crippen LogP contribution in [0.15, 0.2) is 36.4 Å². The molecule has 7 heteroatoms. The van der Waals surface area contributed by atoms with Crippen molar-refractivity contribution in [3.8, 4) is 34.5 Å². The molecule has 7 nitrogen and oxygen atoms in total. The van der Waals surface area contributed by atoms with E-state index in [1.54, 1.807) is 42.7 Å². The van der Waals surface area contributed by atoms with Gasteiger partial charge in [0.1, 0.15) is 5.60 Å². The molecule has 0 saturated heterocycles. The van der Waals surface area contributed by atoms with Crippen LogP contribution in [0.4, 0.5) is 0 Å². The molecule has 36 heavy (non-hydrogen) atoms. The fraction of sp³-hybridized carbons (Fsp3) is 0.379. The Morgan fingerprint density at radius 3 is 1.08 bits per heavy atom. The summed E-state index contributed by atoms with van der Waals surface area (Å²) in [5, 5.41) is 12.9. The SMILES string of the molecule is COc1cc2c(cc1OC)[C@H]1c3cc(OC)c(OC)cc3C3(O)c4cc(OC)c(OC)cc4[C@@H]2C13C. The molecule has 3 aliphatic carbocycles. The Morgan fingerprint density at radius 1 is 0.500 bits per heavy atom. The number of hydrogen-bond acceptors (Lipinski definition) is 7. The number of hydrogen-bond donors (Lipinski definition) is 1. The summed E-state index contributed by atoms with van der Waals surface area (Å²) in [6, 6.07) is 11.9. The van der Waals surface area contributed by atoms with Crippen molar-refractivity contribution < 1.29 is 33.5 Å². The van der Waals surface area contributed by atoms with E-state index in [1.807, 2.05) is 24.3 Å². The van der Waals surface area contributed by atoms with Crippen molar-refractivity contribution in [1.29, 1.82) is 0 Å². The zero-order chi connectivity index (χ0) is 25.6. The molecular weight excluding hydrogens is 460 g/mol. The van der Waals surface area contributed by atoms with E-state index in [4.69, 9.17) is 28.4 Å². The first-order valence-corrected chi connectivity index (χ1v) is 11.8. The molecule has 0 radical (unpaired) electrons. The normalized spacial score (nSPS) is 26.0. The fourth-order valence-electron chi connectivity index (χ4n) is 7.24. The highest BCUT2D eigenvalue weighted by Gasteiger charge is 2.73. The maximum Gasteiger partial charge on any atom is 0.161 e. The van der Waals surface area contributed by atoms with Crippen molar-refractivity contribution in [2.24, 2.45) is 5.41 Å². The average Bonchev–Trinajstić information content (AvgIpc) is 3.37. The van der Waals surface area contributed by atoms with Crippen molar-refractivity contribution in [3.63, 3.8) is 0 Å². The topological polar surface area (TPSA) is 75.6 Å². The smallest absolute Gasteiger partial charge is 0.161 e. The summed E-state index contributed by atoms with van der Waals surface area (Å²) in [6.45, 7) is 2.17. The molecule has 0 fully saturated rings. The van der Waals surface area contributed by atoms with Gasteiger partial charge in [-0.1, -0.05) is 6.92 Å². The van der Waals surface area contributed by atoms with E-state index in [1.165, 1.54) is 0 Å². The van der Waals surface area contributed by atoms with Gasteiger partial charge in [0.25, 0.3) is 0 Å². The van der Waals surface area contributed by atoms with E-state index < -0.39 is 11.0 Å². The molecule has 0 saturated carbocycles. The van der Waals surface area contributed by atoms with Gasteiger partial charge in [0, 0.05) is 17.3 Å². The summed E-state index contributed by atoms with van der Waals surface area (Å²) >= 11 is 0. The second kappa shape index (κ2) is 7.46. The van der Waals surface area contributed by atoms with Crippen LogP contribution in [-0.4, -0.2) is 47.8 Å². The van der Waals surface area contributed by atoms with Crippen LogP contribution < -0.4 is 28.4 Å². The third-order valence-electron chi connectivity index (χ3n) is 8.70. The van der Waals surface area contributed by atoms with E-state index >= 15 is 0 Å². The van der Waals surface area contributed by atoms with Crippen LogP contribution in [0.3, 0.4) is 0 Å². The summed E-state index contributed by atoms with van der Waals surface area (Å²) in [5.41, 5.74) is 3.89. The number of rotatable bonds is 6. The molecule has 0 heterocycles. The van der Waals surface area contributed by atoms with Crippen LogP contribution in [0.2, 0.25) is 0 Å².